The van der Waals surface area contributed by atoms with Crippen LogP contribution in [0.2, 0.25) is 18.1 Å². The molecule has 3 heterocycles. The summed E-state index contributed by atoms with van der Waals surface area (Å²) < 4.78 is 50.4. The second kappa shape index (κ2) is 11.9. The van der Waals surface area contributed by atoms with Crippen molar-refractivity contribution in [1.82, 2.24) is 9.97 Å². The molecule has 5 rings (SSSR count). The van der Waals surface area contributed by atoms with Gasteiger partial charge in [0, 0.05) is 30.6 Å². The molecule has 1 unspecified atom stereocenters. The predicted octanol–water partition coefficient (Wildman–Crippen LogP) is 5.97. The van der Waals surface area contributed by atoms with Crippen LogP contribution in [0.5, 0.6) is 0 Å². The number of carbonyl (C=O) groups is 1. The molecule has 4 atom stereocenters. The summed E-state index contributed by atoms with van der Waals surface area (Å²) in [7, 11) is -2.09. The van der Waals surface area contributed by atoms with Crippen molar-refractivity contribution in [1.29, 1.82) is 0 Å². The van der Waals surface area contributed by atoms with E-state index >= 15 is 0 Å². The maximum absolute atomic E-state index is 14.7. The summed E-state index contributed by atoms with van der Waals surface area (Å²) in [6, 6.07) is 4.94. The lowest BCUT2D eigenvalue weighted by atomic mass is 9.92. The molecule has 12 heteroatoms. The van der Waals surface area contributed by atoms with Crippen LogP contribution in [-0.4, -0.2) is 54.5 Å². The third-order valence-electron chi connectivity index (χ3n) is 9.17. The Morgan fingerprint density at radius 3 is 2.43 bits per heavy atom. The number of aliphatic hydroxyl groups excluding tert-OH is 1. The van der Waals surface area contributed by atoms with Gasteiger partial charge in [-0.05, 0) is 55.2 Å². The van der Waals surface area contributed by atoms with Crippen molar-refractivity contribution in [2.75, 3.05) is 23.3 Å². The first-order chi connectivity index (χ1) is 20.6. The van der Waals surface area contributed by atoms with E-state index in [4.69, 9.17) is 10.2 Å². The molecule has 1 aliphatic heterocycles. The van der Waals surface area contributed by atoms with Gasteiger partial charge in [0.2, 0.25) is 0 Å². The normalized spacial score (nSPS) is 22.2. The highest BCUT2D eigenvalue weighted by molar-refractivity contribution is 6.74. The van der Waals surface area contributed by atoms with E-state index in [-0.39, 0.29) is 28.8 Å². The van der Waals surface area contributed by atoms with E-state index in [1.807, 2.05) is 0 Å². The van der Waals surface area contributed by atoms with Crippen molar-refractivity contribution >= 4 is 25.6 Å². The van der Waals surface area contributed by atoms with Crippen LogP contribution in [0.1, 0.15) is 62.0 Å². The second-order valence-corrected chi connectivity index (χ2v) is 18.2. The number of anilines is 2. The second-order valence-electron chi connectivity index (χ2n) is 13.4. The van der Waals surface area contributed by atoms with Gasteiger partial charge >= 0.3 is 0 Å². The highest BCUT2D eigenvalue weighted by Crippen LogP contribution is 2.43. The number of nitrogens with one attached hydrogen (secondary N) is 1. The van der Waals surface area contributed by atoms with Gasteiger partial charge in [-0.2, -0.15) is 0 Å². The van der Waals surface area contributed by atoms with E-state index in [9.17, 15) is 23.1 Å². The Balaban J connectivity index is 1.47. The van der Waals surface area contributed by atoms with E-state index in [1.54, 1.807) is 0 Å². The van der Waals surface area contributed by atoms with Crippen molar-refractivity contribution in [2.45, 2.75) is 76.9 Å². The van der Waals surface area contributed by atoms with Crippen LogP contribution < -0.4 is 16.0 Å². The van der Waals surface area contributed by atoms with Gasteiger partial charge in [0.25, 0.3) is 5.91 Å². The van der Waals surface area contributed by atoms with E-state index in [0.717, 1.165) is 35.9 Å². The van der Waals surface area contributed by atoms with Gasteiger partial charge in [0.05, 0.1) is 41.0 Å². The number of benzene rings is 1. The number of hydrogen-bond acceptors (Lipinski definition) is 7. The van der Waals surface area contributed by atoms with Crippen LogP contribution in [-0.2, 0) is 10.8 Å². The molecule has 1 amide bonds. The lowest BCUT2D eigenvalue weighted by molar-refractivity contribution is 0.0877. The Hall–Kier alpha value is -3.32. The molecule has 1 saturated heterocycles. The number of halogens is 3. The lowest BCUT2D eigenvalue weighted by Crippen LogP contribution is -2.60. The quantitative estimate of drug-likeness (QED) is 0.289. The van der Waals surface area contributed by atoms with Crippen LogP contribution >= 0.6 is 0 Å². The summed E-state index contributed by atoms with van der Waals surface area (Å²) in [5, 5.41) is 13.5. The zero-order chi connectivity index (χ0) is 32.1. The molecular formula is C32H40F3N5O3Si. The molecule has 1 aromatic carbocycles. The summed E-state index contributed by atoms with van der Waals surface area (Å²) in [5.74, 6) is -3.61. The Kier molecular flexibility index (Phi) is 8.66. The minimum atomic E-state index is -2.09. The van der Waals surface area contributed by atoms with Gasteiger partial charge in [0.15, 0.2) is 8.32 Å². The van der Waals surface area contributed by atoms with Crippen LogP contribution in [0.25, 0.3) is 11.3 Å². The summed E-state index contributed by atoms with van der Waals surface area (Å²) in [6.07, 6.45) is 1.66. The standard InChI is InChI=1S/C32H40F3N5O3Si/c1-17-15-40(16-22(36)30(17)43-44(5,6)32(2,3)4)29-18-10-13-25(41)27(18)37-14-24(29)39-31(42)23-12-11-21(35)28(38-23)26-19(33)8-7-9-20(26)34/h7-9,11-12,14,17,22,25,30,41H,10,13,15-16,36H2,1-6H3,(H,39,42)/t17-,22+,25+,30?/m0/s1. The number of hydrogen-bond donors (Lipinski definition) is 3. The monoisotopic (exact) mass is 627 g/mol. The van der Waals surface area contributed by atoms with Gasteiger partial charge in [0.1, 0.15) is 28.8 Å². The Morgan fingerprint density at radius 2 is 1.80 bits per heavy atom. The van der Waals surface area contributed by atoms with Crippen LogP contribution in [0.15, 0.2) is 36.5 Å². The molecular weight excluding hydrogens is 587 g/mol. The summed E-state index contributed by atoms with van der Waals surface area (Å²) in [5.41, 5.74) is 7.72. The van der Waals surface area contributed by atoms with E-state index in [0.29, 0.717) is 43.0 Å². The van der Waals surface area contributed by atoms with E-state index in [2.05, 4.69) is 61.0 Å². The minimum absolute atomic E-state index is 0.0232. The highest BCUT2D eigenvalue weighted by atomic mass is 28.4. The third-order valence-corrected chi connectivity index (χ3v) is 13.6. The molecule has 1 fully saturated rings. The summed E-state index contributed by atoms with van der Waals surface area (Å²) in [4.78, 5) is 24.0. The molecule has 8 nitrogen and oxygen atoms in total. The minimum Gasteiger partial charge on any atom is -0.412 e. The van der Waals surface area contributed by atoms with Crippen molar-refractivity contribution in [2.24, 2.45) is 11.7 Å². The maximum Gasteiger partial charge on any atom is 0.274 e. The highest BCUT2D eigenvalue weighted by Gasteiger charge is 2.44. The van der Waals surface area contributed by atoms with Gasteiger partial charge in [-0.3, -0.25) is 9.78 Å². The maximum atomic E-state index is 14.7. The molecule has 44 heavy (non-hydrogen) atoms. The molecule has 2 aromatic heterocycles. The predicted molar refractivity (Wildman–Crippen MR) is 166 cm³/mol. The average Bonchev–Trinajstić information content (AvgIpc) is 3.31. The molecule has 2 aliphatic rings. The van der Waals surface area contributed by atoms with Crippen LogP contribution in [0.4, 0.5) is 24.5 Å². The van der Waals surface area contributed by atoms with Gasteiger partial charge in [-0.25, -0.2) is 18.2 Å². The first-order valence-electron chi connectivity index (χ1n) is 14.9. The number of piperidine rings is 1. The van der Waals surface area contributed by atoms with Crippen molar-refractivity contribution < 1.29 is 27.5 Å². The fourth-order valence-corrected chi connectivity index (χ4v) is 7.27. The molecule has 0 bridgehead atoms. The average molecular weight is 628 g/mol. The van der Waals surface area contributed by atoms with Crippen LogP contribution in [0, 0.1) is 23.4 Å². The van der Waals surface area contributed by atoms with Gasteiger partial charge in [-0.1, -0.05) is 33.8 Å². The summed E-state index contributed by atoms with van der Waals surface area (Å²) >= 11 is 0. The molecule has 236 valence electrons. The van der Waals surface area contributed by atoms with E-state index in [1.165, 1.54) is 6.20 Å². The molecule has 3 aromatic rings. The van der Waals surface area contributed by atoms with E-state index < -0.39 is 49.0 Å². The van der Waals surface area contributed by atoms with Crippen molar-refractivity contribution in [3.8, 4) is 11.3 Å². The zero-order valence-electron chi connectivity index (χ0n) is 25.9. The third kappa shape index (κ3) is 6.00. The van der Waals surface area contributed by atoms with Crippen LogP contribution in [0.3, 0.4) is 0 Å². The molecule has 0 spiro atoms. The smallest absolute Gasteiger partial charge is 0.274 e. The van der Waals surface area contributed by atoms with Gasteiger partial charge in [-0.15, -0.1) is 0 Å². The van der Waals surface area contributed by atoms with Crippen molar-refractivity contribution in [3.05, 3.63) is 70.9 Å². The Morgan fingerprint density at radius 1 is 1.11 bits per heavy atom. The molecule has 1 aliphatic carbocycles. The number of carbonyl (C=O) groups excluding carboxylic acids is 1. The number of nitrogens with zero attached hydrogens (tertiary/aromatic N) is 3. The molecule has 4 N–H and O–H groups in total. The fourth-order valence-electron chi connectivity index (χ4n) is 5.82. The number of aromatic nitrogens is 2. The Bertz CT molecular complexity index is 1550. The first-order valence-corrected chi connectivity index (χ1v) is 17.8. The van der Waals surface area contributed by atoms with Crippen molar-refractivity contribution in [3.63, 3.8) is 0 Å². The zero-order valence-corrected chi connectivity index (χ0v) is 26.9. The lowest BCUT2D eigenvalue weighted by Gasteiger charge is -2.48. The number of pyridine rings is 2. The SMILES string of the molecule is C[C@H]1CN(c2c(NC(=O)c3ccc(F)c(-c4c(F)cccc4F)n3)cnc3c2CC[C@H]3O)C[C@@H](N)C1O[Si](C)(C)C(C)(C)C. The first kappa shape index (κ1) is 32.1. The number of nitrogens with two attached hydrogens (primary N) is 1. The Labute approximate surface area is 257 Å². The summed E-state index contributed by atoms with van der Waals surface area (Å²) in [6.45, 7) is 14.1. The number of fused-ring (bicyclic) bond motifs is 1. The fraction of sp³-hybridized carbons (Fsp3) is 0.469. The number of rotatable bonds is 6. The number of amides is 1. The largest absolute Gasteiger partial charge is 0.412 e. The molecule has 0 radical (unpaired) electrons. The topological polar surface area (TPSA) is 114 Å². The number of aliphatic hydroxyl groups is 1. The molecule has 0 saturated carbocycles. The van der Waals surface area contributed by atoms with Gasteiger partial charge < -0.3 is 25.5 Å².